The normalized spacial score (nSPS) is 16.9. The van der Waals surface area contributed by atoms with Crippen LogP contribution in [-0.2, 0) is 15.8 Å². The van der Waals surface area contributed by atoms with E-state index in [4.69, 9.17) is 4.43 Å². The quantitative estimate of drug-likeness (QED) is 0.447. The van der Waals surface area contributed by atoms with Gasteiger partial charge in [0.25, 0.3) is 0 Å². The van der Waals surface area contributed by atoms with Crippen molar-refractivity contribution in [2.45, 2.75) is 71.3 Å². The van der Waals surface area contributed by atoms with Gasteiger partial charge >= 0.3 is 0 Å². The molecule has 5 heteroatoms. The maximum Gasteiger partial charge on any atom is 0.192 e. The third-order valence-corrected chi connectivity index (χ3v) is 9.21. The Morgan fingerprint density at radius 1 is 1.17 bits per heavy atom. The highest BCUT2D eigenvalue weighted by atomic mass is 32.2. The fourth-order valence-electron chi connectivity index (χ4n) is 0.806. The van der Waals surface area contributed by atoms with Crippen molar-refractivity contribution in [3.8, 4) is 0 Å². The van der Waals surface area contributed by atoms with Gasteiger partial charge in [-0.15, -0.1) is 0 Å². The lowest BCUT2D eigenvalue weighted by atomic mass is 10.2. The van der Waals surface area contributed by atoms with Crippen LogP contribution < -0.4 is 0 Å². The number of hydrogen-bond donors (Lipinski definition) is 0. The lowest BCUT2D eigenvalue weighted by Gasteiger charge is -2.36. The summed E-state index contributed by atoms with van der Waals surface area (Å²) in [5, 5.41) is 0.191. The summed E-state index contributed by atoms with van der Waals surface area (Å²) in [6.45, 7) is 19.2. The lowest BCUT2D eigenvalue weighted by Crippen LogP contribution is -2.42. The minimum Gasteiger partial charge on any atom is -0.591 e. The zero-order chi connectivity index (χ0) is 14.8. The van der Waals surface area contributed by atoms with Gasteiger partial charge < -0.3 is 8.98 Å². The molecule has 0 aliphatic rings. The number of nitrogens with zero attached hydrogens (tertiary/aromatic N) is 1. The summed E-state index contributed by atoms with van der Waals surface area (Å²) in [7, 11) is -1.74. The van der Waals surface area contributed by atoms with E-state index in [0.29, 0.717) is 6.61 Å². The van der Waals surface area contributed by atoms with E-state index < -0.39 is 19.7 Å². The van der Waals surface area contributed by atoms with Gasteiger partial charge in [0.05, 0.1) is 12.3 Å². The Morgan fingerprint density at radius 3 is 1.94 bits per heavy atom. The average molecular weight is 292 g/mol. The molecule has 1 atom stereocenters. The van der Waals surface area contributed by atoms with Gasteiger partial charge in [0, 0.05) is 0 Å². The highest BCUT2D eigenvalue weighted by Gasteiger charge is 2.37. The van der Waals surface area contributed by atoms with Crippen molar-refractivity contribution in [1.29, 1.82) is 0 Å². The lowest BCUT2D eigenvalue weighted by molar-refractivity contribution is 0.339. The summed E-state index contributed by atoms with van der Waals surface area (Å²) < 4.78 is 21.8. The second-order valence-corrected chi connectivity index (χ2v) is 14.0. The minimum absolute atomic E-state index is 0.191. The van der Waals surface area contributed by atoms with Gasteiger partial charge in [-0.05, 0) is 45.8 Å². The topological polar surface area (TPSA) is 44.6 Å². The Morgan fingerprint density at radius 2 is 1.61 bits per heavy atom. The molecule has 0 heterocycles. The Hall–Kier alpha value is 0.157. The maximum atomic E-state index is 11.9. The number of rotatable bonds is 4. The van der Waals surface area contributed by atoms with Gasteiger partial charge in [0.1, 0.15) is 16.1 Å². The molecule has 0 aromatic carbocycles. The van der Waals surface area contributed by atoms with Gasteiger partial charge in [0.2, 0.25) is 0 Å². The summed E-state index contributed by atoms with van der Waals surface area (Å²) in [4.78, 5) is 0. The molecule has 0 spiro atoms. The van der Waals surface area contributed by atoms with E-state index >= 15 is 0 Å². The summed E-state index contributed by atoms with van der Waals surface area (Å²) in [6, 6.07) is 0. The standard InChI is InChI=1S/C13H29NO2SSi/c1-11(14-17(15)12(2,3)4)10-16-18(8,9)13(5,6)7/h10H2,1-9H3/b14-11+/t17-/m0/s1. The summed E-state index contributed by atoms with van der Waals surface area (Å²) >= 11 is -1.19. The van der Waals surface area contributed by atoms with Crippen LogP contribution in [0.4, 0.5) is 0 Å². The second kappa shape index (κ2) is 6.07. The molecule has 0 unspecified atom stereocenters. The summed E-state index contributed by atoms with van der Waals surface area (Å²) in [6.07, 6.45) is 0. The van der Waals surface area contributed by atoms with Gasteiger partial charge in [-0.25, -0.2) is 0 Å². The van der Waals surface area contributed by atoms with E-state index in [-0.39, 0.29) is 9.79 Å². The average Bonchev–Trinajstić information content (AvgIpc) is 2.11. The van der Waals surface area contributed by atoms with Gasteiger partial charge in [-0.3, -0.25) is 0 Å². The van der Waals surface area contributed by atoms with E-state index in [1.54, 1.807) is 0 Å². The Kier molecular flexibility index (Phi) is 6.13. The Labute approximate surface area is 117 Å². The van der Waals surface area contributed by atoms with Crippen LogP contribution in [0.5, 0.6) is 0 Å². The molecule has 0 aromatic heterocycles. The zero-order valence-corrected chi connectivity index (χ0v) is 15.2. The highest BCUT2D eigenvalue weighted by Crippen LogP contribution is 2.36. The molecule has 0 rings (SSSR count). The summed E-state index contributed by atoms with van der Waals surface area (Å²) in [5.41, 5.74) is 0.813. The van der Waals surface area contributed by atoms with Crippen molar-refractivity contribution >= 4 is 25.4 Å². The molecule has 0 aliphatic heterocycles. The molecule has 0 saturated heterocycles. The van der Waals surface area contributed by atoms with Crippen molar-refractivity contribution in [3.05, 3.63) is 0 Å². The van der Waals surface area contributed by atoms with Crippen LogP contribution in [-0.4, -0.2) is 29.9 Å². The Balaban J connectivity index is 4.53. The first kappa shape index (κ1) is 18.2. The Bertz CT molecular complexity index is 303. The molecule has 18 heavy (non-hydrogen) atoms. The molecule has 0 fully saturated rings. The molecular formula is C13H29NO2SSi. The van der Waals surface area contributed by atoms with Gasteiger partial charge in [-0.2, -0.15) is 0 Å². The third kappa shape index (κ3) is 5.86. The minimum atomic E-state index is -1.74. The monoisotopic (exact) mass is 291 g/mol. The first-order valence-corrected chi connectivity index (χ1v) is 10.4. The predicted octanol–water partition coefficient (Wildman–Crippen LogP) is 3.93. The first-order chi connectivity index (χ1) is 7.77. The molecule has 3 nitrogen and oxygen atoms in total. The van der Waals surface area contributed by atoms with E-state index in [0.717, 1.165) is 5.71 Å². The predicted molar refractivity (Wildman–Crippen MR) is 84.2 cm³/mol. The molecule has 108 valence electrons. The second-order valence-electron chi connectivity index (χ2n) is 7.24. The number of hydrogen-bond acceptors (Lipinski definition) is 3. The van der Waals surface area contributed by atoms with Crippen LogP contribution in [0.3, 0.4) is 0 Å². The van der Waals surface area contributed by atoms with Crippen LogP contribution in [0.1, 0.15) is 48.5 Å². The molecule has 0 aliphatic carbocycles. The zero-order valence-electron chi connectivity index (χ0n) is 13.4. The van der Waals surface area contributed by atoms with E-state index in [9.17, 15) is 4.55 Å². The van der Waals surface area contributed by atoms with E-state index in [1.165, 1.54) is 0 Å². The molecule has 0 aromatic rings. The molecule has 0 bridgehead atoms. The van der Waals surface area contributed by atoms with Crippen LogP contribution >= 0.6 is 0 Å². The SMILES string of the molecule is C/C(CO[Si](C)(C)C(C)(C)C)=N\[S@@+]([O-])C(C)(C)C. The van der Waals surface area contributed by atoms with Crippen LogP contribution in [0.15, 0.2) is 4.40 Å². The molecule has 0 N–H and O–H groups in total. The van der Waals surface area contributed by atoms with Crippen LogP contribution in [0.2, 0.25) is 18.1 Å². The molecule has 0 amide bonds. The smallest absolute Gasteiger partial charge is 0.192 e. The van der Waals surface area contributed by atoms with Crippen molar-refractivity contribution in [2.24, 2.45) is 4.40 Å². The van der Waals surface area contributed by atoms with Crippen molar-refractivity contribution in [3.63, 3.8) is 0 Å². The maximum absolute atomic E-state index is 11.9. The largest absolute Gasteiger partial charge is 0.591 e. The molecular weight excluding hydrogens is 262 g/mol. The van der Waals surface area contributed by atoms with Crippen molar-refractivity contribution in [2.75, 3.05) is 6.61 Å². The van der Waals surface area contributed by atoms with E-state index in [1.807, 2.05) is 27.7 Å². The van der Waals surface area contributed by atoms with Crippen LogP contribution in [0.25, 0.3) is 0 Å². The van der Waals surface area contributed by atoms with Crippen molar-refractivity contribution in [1.82, 2.24) is 0 Å². The van der Waals surface area contributed by atoms with Crippen molar-refractivity contribution < 1.29 is 8.98 Å². The highest BCUT2D eigenvalue weighted by molar-refractivity contribution is 7.91. The fourth-order valence-corrected chi connectivity index (χ4v) is 2.42. The summed E-state index contributed by atoms with van der Waals surface area (Å²) in [5.74, 6) is 0. The first-order valence-electron chi connectivity index (χ1n) is 6.37. The van der Waals surface area contributed by atoms with Gasteiger partial charge in [0.15, 0.2) is 8.32 Å². The molecule has 0 saturated carbocycles. The van der Waals surface area contributed by atoms with Gasteiger partial charge in [-0.1, -0.05) is 25.2 Å². The molecule has 0 radical (unpaired) electrons. The van der Waals surface area contributed by atoms with E-state index in [2.05, 4.69) is 38.3 Å². The third-order valence-electron chi connectivity index (χ3n) is 3.21. The van der Waals surface area contributed by atoms with Crippen LogP contribution in [0, 0.1) is 0 Å². The fraction of sp³-hybridized carbons (Fsp3) is 0.923.